The summed E-state index contributed by atoms with van der Waals surface area (Å²) in [7, 11) is 4.18. The van der Waals surface area contributed by atoms with Gasteiger partial charge >= 0.3 is 7.82 Å². The Morgan fingerprint density at radius 2 is 2.25 bits per heavy atom. The summed E-state index contributed by atoms with van der Waals surface area (Å²) in [4.78, 5) is 9.24. The number of methoxy groups -OCH3 is 1. The standard InChI is InChI=1S/C8H16BO6P/c1-8(5-12-2)6(4-7(9)14-8)15-16(10,11)13-3/h6-7H,4-5H2,1-3H3,(H,10,11)/t6-,7+,8+/m0/s1. The van der Waals surface area contributed by atoms with E-state index in [1.165, 1.54) is 7.11 Å². The van der Waals surface area contributed by atoms with E-state index >= 15 is 0 Å². The highest BCUT2D eigenvalue weighted by molar-refractivity contribution is 7.47. The number of ether oxygens (including phenoxy) is 2. The van der Waals surface area contributed by atoms with Crippen LogP contribution in [0.4, 0.5) is 0 Å². The molecule has 0 spiro atoms. The van der Waals surface area contributed by atoms with Crippen LogP contribution in [0.15, 0.2) is 0 Å². The predicted octanol–water partition coefficient (Wildman–Crippen LogP) is 0.438. The Kier molecular flexibility index (Phi) is 4.57. The van der Waals surface area contributed by atoms with Gasteiger partial charge in [0.1, 0.15) is 19.6 Å². The molecule has 1 N–H and O–H groups in total. The minimum Gasteiger partial charge on any atom is -0.382 e. The molecule has 1 saturated heterocycles. The second kappa shape index (κ2) is 5.17. The summed E-state index contributed by atoms with van der Waals surface area (Å²) in [6.45, 7) is 1.93. The zero-order valence-electron chi connectivity index (χ0n) is 9.58. The molecular formula is C8H16BO6P. The SMILES string of the molecule is [B][C@H]1C[C@H](OP(=O)(O)OC)[C@@](C)(COC)O1. The Morgan fingerprint density at radius 1 is 1.62 bits per heavy atom. The second-order valence-electron chi connectivity index (χ2n) is 3.88. The molecule has 1 heterocycles. The zero-order chi connectivity index (χ0) is 12.4. The van der Waals surface area contributed by atoms with Gasteiger partial charge in [-0.05, 0) is 13.3 Å². The number of hydrogen-bond donors (Lipinski definition) is 1. The lowest BCUT2D eigenvalue weighted by Gasteiger charge is -2.30. The lowest BCUT2D eigenvalue weighted by Crippen LogP contribution is -2.41. The minimum atomic E-state index is -4.04. The van der Waals surface area contributed by atoms with E-state index in [4.69, 9.17) is 21.8 Å². The average Bonchev–Trinajstić information content (AvgIpc) is 2.41. The molecule has 1 rings (SSSR count). The van der Waals surface area contributed by atoms with E-state index in [1.807, 2.05) is 0 Å². The van der Waals surface area contributed by atoms with Crippen LogP contribution in [-0.4, -0.2) is 51.3 Å². The Bertz CT molecular complexity index is 288. The van der Waals surface area contributed by atoms with Gasteiger partial charge in [-0.25, -0.2) is 4.57 Å². The third-order valence-electron chi connectivity index (χ3n) is 2.47. The number of rotatable bonds is 5. The first kappa shape index (κ1) is 14.2. The predicted molar refractivity (Wildman–Crippen MR) is 57.2 cm³/mol. The van der Waals surface area contributed by atoms with Gasteiger partial charge in [-0.1, -0.05) is 0 Å². The smallest absolute Gasteiger partial charge is 0.382 e. The average molecular weight is 250 g/mol. The quantitative estimate of drug-likeness (QED) is 0.563. The van der Waals surface area contributed by atoms with Gasteiger partial charge in [-0.15, -0.1) is 0 Å². The molecular weight excluding hydrogens is 234 g/mol. The molecule has 92 valence electrons. The summed E-state index contributed by atoms with van der Waals surface area (Å²) in [6, 6.07) is -0.540. The lowest BCUT2D eigenvalue weighted by atomic mass is 9.93. The van der Waals surface area contributed by atoms with E-state index in [0.29, 0.717) is 6.42 Å². The van der Waals surface area contributed by atoms with Crippen LogP contribution in [0, 0.1) is 0 Å². The molecule has 0 saturated carbocycles. The van der Waals surface area contributed by atoms with E-state index in [-0.39, 0.29) is 6.61 Å². The first-order valence-electron chi connectivity index (χ1n) is 4.82. The van der Waals surface area contributed by atoms with Crippen LogP contribution in [0.25, 0.3) is 0 Å². The summed E-state index contributed by atoms with van der Waals surface area (Å²) in [5.74, 6) is 0. The Hall–Kier alpha value is 0.0949. The summed E-state index contributed by atoms with van der Waals surface area (Å²) in [6.07, 6.45) is -0.327. The van der Waals surface area contributed by atoms with Crippen LogP contribution < -0.4 is 0 Å². The molecule has 1 fully saturated rings. The first-order valence-corrected chi connectivity index (χ1v) is 6.32. The molecule has 0 aromatic carbocycles. The van der Waals surface area contributed by atoms with Crippen molar-refractivity contribution < 1.29 is 28.0 Å². The van der Waals surface area contributed by atoms with Crippen molar-refractivity contribution in [1.82, 2.24) is 0 Å². The van der Waals surface area contributed by atoms with Crippen LogP contribution in [-0.2, 0) is 23.1 Å². The van der Waals surface area contributed by atoms with Gasteiger partial charge < -0.3 is 14.4 Å². The summed E-state index contributed by atoms with van der Waals surface area (Å²) >= 11 is 0. The normalized spacial score (nSPS) is 38.5. The molecule has 0 aromatic heterocycles. The van der Waals surface area contributed by atoms with Crippen LogP contribution in [0.5, 0.6) is 0 Å². The molecule has 0 aliphatic carbocycles. The van der Waals surface area contributed by atoms with Crippen molar-refractivity contribution in [2.75, 3.05) is 20.8 Å². The largest absolute Gasteiger partial charge is 0.472 e. The molecule has 1 aliphatic rings. The van der Waals surface area contributed by atoms with Crippen molar-refractivity contribution in [3.63, 3.8) is 0 Å². The second-order valence-corrected chi connectivity index (χ2v) is 5.40. The molecule has 0 aromatic rings. The summed E-state index contributed by atoms with van der Waals surface area (Å²) < 4.78 is 31.1. The molecule has 8 heteroatoms. The fourth-order valence-electron chi connectivity index (χ4n) is 1.70. The third kappa shape index (κ3) is 3.29. The number of phosphoric acid groups is 1. The van der Waals surface area contributed by atoms with Crippen molar-refractivity contribution in [3.05, 3.63) is 0 Å². The Morgan fingerprint density at radius 3 is 2.75 bits per heavy atom. The number of phosphoric ester groups is 1. The number of hydrogen-bond acceptors (Lipinski definition) is 5. The topological polar surface area (TPSA) is 74.2 Å². The molecule has 2 radical (unpaired) electrons. The van der Waals surface area contributed by atoms with Crippen LogP contribution in [0.1, 0.15) is 13.3 Å². The molecule has 1 aliphatic heterocycles. The summed E-state index contributed by atoms with van der Waals surface area (Å²) in [5.41, 5.74) is -0.842. The van der Waals surface area contributed by atoms with Gasteiger partial charge in [0.2, 0.25) is 0 Å². The Labute approximate surface area is 96.2 Å². The van der Waals surface area contributed by atoms with Gasteiger partial charge in [0.05, 0.1) is 6.61 Å². The highest BCUT2D eigenvalue weighted by Gasteiger charge is 2.47. The zero-order valence-corrected chi connectivity index (χ0v) is 10.5. The van der Waals surface area contributed by atoms with E-state index in [0.717, 1.165) is 7.11 Å². The molecule has 1 unspecified atom stereocenters. The van der Waals surface area contributed by atoms with Crippen molar-refractivity contribution >= 4 is 15.7 Å². The van der Waals surface area contributed by atoms with E-state index in [1.54, 1.807) is 6.92 Å². The Balaban J connectivity index is 2.74. The molecule has 0 amide bonds. The van der Waals surface area contributed by atoms with Crippen molar-refractivity contribution in [3.8, 4) is 0 Å². The maximum atomic E-state index is 11.3. The van der Waals surface area contributed by atoms with Crippen LogP contribution >= 0.6 is 7.82 Å². The van der Waals surface area contributed by atoms with Gasteiger partial charge in [-0.3, -0.25) is 9.05 Å². The van der Waals surface area contributed by atoms with Gasteiger partial charge in [0, 0.05) is 20.2 Å². The minimum absolute atomic E-state index is 0.217. The van der Waals surface area contributed by atoms with Crippen molar-refractivity contribution in [2.24, 2.45) is 0 Å². The van der Waals surface area contributed by atoms with Crippen LogP contribution in [0.3, 0.4) is 0 Å². The maximum absolute atomic E-state index is 11.3. The van der Waals surface area contributed by atoms with Gasteiger partial charge in [-0.2, -0.15) is 0 Å². The highest BCUT2D eigenvalue weighted by atomic mass is 31.2. The third-order valence-corrected chi connectivity index (χ3v) is 3.45. The highest BCUT2D eigenvalue weighted by Crippen LogP contribution is 2.48. The fourth-order valence-corrected chi connectivity index (χ4v) is 2.42. The van der Waals surface area contributed by atoms with E-state index in [9.17, 15) is 9.46 Å². The van der Waals surface area contributed by atoms with Crippen molar-refractivity contribution in [1.29, 1.82) is 0 Å². The summed E-state index contributed by atoms with van der Waals surface area (Å²) in [5, 5.41) is 0. The fraction of sp³-hybridized carbons (Fsp3) is 1.00. The molecule has 16 heavy (non-hydrogen) atoms. The molecule has 4 atom stereocenters. The van der Waals surface area contributed by atoms with Crippen molar-refractivity contribution in [2.45, 2.75) is 31.1 Å². The monoisotopic (exact) mass is 250 g/mol. The van der Waals surface area contributed by atoms with Crippen LogP contribution in [0.2, 0.25) is 0 Å². The first-order chi connectivity index (χ1) is 7.33. The van der Waals surface area contributed by atoms with E-state index in [2.05, 4.69) is 4.52 Å². The maximum Gasteiger partial charge on any atom is 0.472 e. The lowest BCUT2D eigenvalue weighted by molar-refractivity contribution is -0.0917. The van der Waals surface area contributed by atoms with E-state index < -0.39 is 25.5 Å². The van der Waals surface area contributed by atoms with Gasteiger partial charge in [0.25, 0.3) is 0 Å². The molecule has 0 bridgehead atoms. The van der Waals surface area contributed by atoms with Gasteiger partial charge in [0.15, 0.2) is 0 Å². The molecule has 6 nitrogen and oxygen atoms in total.